The smallest absolute Gasteiger partial charge is 0.243 e. The molecule has 0 aliphatic carbocycles. The first-order valence-corrected chi connectivity index (χ1v) is 7.67. The van der Waals surface area contributed by atoms with Crippen LogP contribution < -0.4 is 15.4 Å². The van der Waals surface area contributed by atoms with Crippen LogP contribution in [-0.2, 0) is 19.6 Å². The Morgan fingerprint density at radius 1 is 1.40 bits per heavy atom. The van der Waals surface area contributed by atoms with Gasteiger partial charge >= 0.3 is 0 Å². The Hall–Kier alpha value is -1.48. The zero-order chi connectivity index (χ0) is 14.6. The van der Waals surface area contributed by atoms with Crippen molar-refractivity contribution in [3.63, 3.8) is 0 Å². The molecule has 1 aromatic carbocycles. The fraction of sp³-hybridized carbons (Fsp3) is 0.417. The lowest BCUT2D eigenvalue weighted by Gasteiger charge is -2.23. The third-order valence-corrected chi connectivity index (χ3v) is 4.41. The molecule has 0 bridgehead atoms. The summed E-state index contributed by atoms with van der Waals surface area (Å²) in [5.74, 6) is -0.316. The van der Waals surface area contributed by atoms with E-state index in [-0.39, 0.29) is 23.1 Å². The van der Waals surface area contributed by atoms with Gasteiger partial charge in [0.2, 0.25) is 15.9 Å². The monoisotopic (exact) mass is 299 g/mol. The molecule has 0 aromatic heterocycles. The number of rotatable bonds is 4. The lowest BCUT2D eigenvalue weighted by atomic mass is 10.2. The average molecular weight is 299 g/mol. The molecular weight excluding hydrogens is 282 g/mol. The molecule has 1 heterocycles. The van der Waals surface area contributed by atoms with E-state index >= 15 is 0 Å². The van der Waals surface area contributed by atoms with Crippen LogP contribution >= 0.6 is 0 Å². The van der Waals surface area contributed by atoms with E-state index in [2.05, 4.69) is 15.4 Å². The quantitative estimate of drug-likeness (QED) is 0.698. The number of para-hydroxylation sites is 1. The molecule has 1 atom stereocenters. The van der Waals surface area contributed by atoms with Crippen molar-refractivity contribution in [1.82, 2.24) is 10.0 Å². The van der Waals surface area contributed by atoms with E-state index in [0.717, 1.165) is 0 Å². The second kappa shape index (κ2) is 6.31. The predicted octanol–water partition coefficient (Wildman–Crippen LogP) is -0.478. The van der Waals surface area contributed by atoms with Crippen molar-refractivity contribution >= 4 is 21.6 Å². The first kappa shape index (κ1) is 14.9. The average Bonchev–Trinajstić information content (AvgIpc) is 2.48. The second-order valence-electron chi connectivity index (χ2n) is 4.27. The Morgan fingerprint density at radius 2 is 2.15 bits per heavy atom. The highest BCUT2D eigenvalue weighted by atomic mass is 32.2. The Bertz CT molecular complexity index is 582. The maximum atomic E-state index is 12.1. The Kier molecular flexibility index (Phi) is 4.71. The third kappa shape index (κ3) is 3.34. The fourth-order valence-electron chi connectivity index (χ4n) is 1.87. The Balaban J connectivity index is 2.19. The standard InChI is InChI=1S/C12H17N3O4S/c1-13-20(17,18)11-5-3-2-4-9(11)15-12(16)10-8-19-7-6-14-10/h2-5,10,13-14H,6-8H2,1H3,(H,15,16). The van der Waals surface area contributed by atoms with Gasteiger partial charge in [-0.25, -0.2) is 13.1 Å². The minimum absolute atomic E-state index is 0.0348. The lowest BCUT2D eigenvalue weighted by molar-refractivity contribution is -0.120. The normalized spacial score (nSPS) is 19.6. The number of nitrogens with one attached hydrogen (secondary N) is 3. The van der Waals surface area contributed by atoms with E-state index < -0.39 is 16.1 Å². The van der Waals surface area contributed by atoms with E-state index in [4.69, 9.17) is 4.74 Å². The van der Waals surface area contributed by atoms with Gasteiger partial charge in [-0.1, -0.05) is 12.1 Å². The zero-order valence-electron chi connectivity index (χ0n) is 11.0. The van der Waals surface area contributed by atoms with Crippen molar-refractivity contribution in [2.45, 2.75) is 10.9 Å². The Morgan fingerprint density at radius 3 is 2.80 bits per heavy atom. The second-order valence-corrected chi connectivity index (χ2v) is 6.13. The first-order valence-electron chi connectivity index (χ1n) is 6.19. The molecule has 20 heavy (non-hydrogen) atoms. The molecule has 110 valence electrons. The summed E-state index contributed by atoms with van der Waals surface area (Å²) in [5.41, 5.74) is 0.249. The van der Waals surface area contributed by atoms with Crippen LogP contribution in [-0.4, -0.2) is 47.2 Å². The fourth-order valence-corrected chi connectivity index (χ4v) is 2.75. The van der Waals surface area contributed by atoms with Crippen LogP contribution in [0.1, 0.15) is 0 Å². The van der Waals surface area contributed by atoms with Gasteiger partial charge in [-0.05, 0) is 19.2 Å². The van der Waals surface area contributed by atoms with E-state index in [1.54, 1.807) is 18.2 Å². The summed E-state index contributed by atoms with van der Waals surface area (Å²) in [6, 6.07) is 5.77. The molecule has 1 aliphatic heterocycles. The summed E-state index contributed by atoms with van der Waals surface area (Å²) in [7, 11) is -2.30. The lowest BCUT2D eigenvalue weighted by Crippen LogP contribution is -2.49. The van der Waals surface area contributed by atoms with Gasteiger partial charge in [-0.3, -0.25) is 4.79 Å². The summed E-state index contributed by atoms with van der Waals surface area (Å²) < 4.78 is 31.2. The minimum Gasteiger partial charge on any atom is -0.378 e. The van der Waals surface area contributed by atoms with Gasteiger partial charge in [-0.15, -0.1) is 0 Å². The molecule has 0 radical (unpaired) electrons. The molecule has 0 saturated carbocycles. The maximum Gasteiger partial charge on any atom is 0.243 e. The highest BCUT2D eigenvalue weighted by Gasteiger charge is 2.23. The number of sulfonamides is 1. The Labute approximate surface area is 117 Å². The number of benzene rings is 1. The number of ether oxygens (including phenoxy) is 1. The highest BCUT2D eigenvalue weighted by molar-refractivity contribution is 7.89. The van der Waals surface area contributed by atoms with E-state index in [1.165, 1.54) is 13.1 Å². The number of anilines is 1. The van der Waals surface area contributed by atoms with Gasteiger partial charge in [-0.2, -0.15) is 0 Å². The van der Waals surface area contributed by atoms with Crippen molar-refractivity contribution in [1.29, 1.82) is 0 Å². The summed E-state index contributed by atoms with van der Waals surface area (Å²) >= 11 is 0. The van der Waals surface area contributed by atoms with Crippen LogP contribution in [0.5, 0.6) is 0 Å². The van der Waals surface area contributed by atoms with Gasteiger partial charge < -0.3 is 15.4 Å². The summed E-state index contributed by atoms with van der Waals surface area (Å²) in [4.78, 5) is 12.1. The van der Waals surface area contributed by atoms with Gasteiger partial charge in [0.25, 0.3) is 0 Å². The van der Waals surface area contributed by atoms with Crippen LogP contribution in [0.4, 0.5) is 5.69 Å². The molecule has 3 N–H and O–H groups in total. The SMILES string of the molecule is CNS(=O)(=O)c1ccccc1NC(=O)C1COCCN1. The number of hydrogen-bond donors (Lipinski definition) is 3. The van der Waals surface area contributed by atoms with Crippen molar-refractivity contribution in [3.8, 4) is 0 Å². The van der Waals surface area contributed by atoms with Crippen LogP contribution in [0, 0.1) is 0 Å². The van der Waals surface area contributed by atoms with Crippen molar-refractivity contribution in [2.75, 3.05) is 32.1 Å². The molecule has 0 spiro atoms. The first-order chi connectivity index (χ1) is 9.54. The summed E-state index contributed by atoms with van der Waals surface area (Å²) in [5, 5.41) is 5.63. The van der Waals surface area contributed by atoms with Crippen LogP contribution in [0.25, 0.3) is 0 Å². The zero-order valence-corrected chi connectivity index (χ0v) is 11.9. The largest absolute Gasteiger partial charge is 0.378 e. The van der Waals surface area contributed by atoms with Gasteiger partial charge in [0, 0.05) is 6.54 Å². The summed E-state index contributed by atoms with van der Waals surface area (Å²) in [6.07, 6.45) is 0. The molecule has 7 nitrogen and oxygen atoms in total. The van der Waals surface area contributed by atoms with Crippen molar-refractivity contribution in [3.05, 3.63) is 24.3 Å². The summed E-state index contributed by atoms with van der Waals surface area (Å²) in [6.45, 7) is 1.43. The molecule has 1 saturated heterocycles. The van der Waals surface area contributed by atoms with Gasteiger partial charge in [0.1, 0.15) is 10.9 Å². The van der Waals surface area contributed by atoms with Gasteiger partial charge in [0.15, 0.2) is 0 Å². The third-order valence-electron chi connectivity index (χ3n) is 2.94. The highest BCUT2D eigenvalue weighted by Crippen LogP contribution is 2.20. The minimum atomic E-state index is -3.62. The molecule has 8 heteroatoms. The van der Waals surface area contributed by atoms with Gasteiger partial charge in [0.05, 0.1) is 18.9 Å². The molecule has 1 amide bonds. The molecular formula is C12H17N3O4S. The number of carbonyl (C=O) groups is 1. The van der Waals surface area contributed by atoms with Crippen molar-refractivity contribution < 1.29 is 17.9 Å². The van der Waals surface area contributed by atoms with Crippen LogP contribution in [0.2, 0.25) is 0 Å². The van der Waals surface area contributed by atoms with Crippen LogP contribution in [0.15, 0.2) is 29.2 Å². The number of carbonyl (C=O) groups excluding carboxylic acids is 1. The predicted molar refractivity (Wildman–Crippen MR) is 73.9 cm³/mol. The molecule has 1 fully saturated rings. The topological polar surface area (TPSA) is 96.5 Å². The maximum absolute atomic E-state index is 12.1. The molecule has 1 aromatic rings. The van der Waals surface area contributed by atoms with Crippen LogP contribution in [0.3, 0.4) is 0 Å². The van der Waals surface area contributed by atoms with E-state index in [1.807, 2.05) is 0 Å². The van der Waals surface area contributed by atoms with E-state index in [9.17, 15) is 13.2 Å². The number of amides is 1. The molecule has 1 aliphatic rings. The van der Waals surface area contributed by atoms with Crippen molar-refractivity contribution in [2.24, 2.45) is 0 Å². The van der Waals surface area contributed by atoms with E-state index in [0.29, 0.717) is 13.2 Å². The molecule has 1 unspecified atom stereocenters. The number of hydrogen-bond acceptors (Lipinski definition) is 5. The number of morpholine rings is 1. The molecule has 2 rings (SSSR count).